The molecule has 3 N–H and O–H groups in total. The number of carbonyl (C=O) groups is 1. The van der Waals surface area contributed by atoms with Gasteiger partial charge in [-0.3, -0.25) is 0 Å². The van der Waals surface area contributed by atoms with Crippen molar-refractivity contribution in [3.8, 4) is 0 Å². The second-order valence-corrected chi connectivity index (χ2v) is 2.65. The maximum absolute atomic E-state index is 10.7. The van der Waals surface area contributed by atoms with Crippen LogP contribution in [0, 0.1) is 0 Å². The Kier molecular flexibility index (Phi) is 3.82. The third-order valence-corrected chi connectivity index (χ3v) is 1.56. The van der Waals surface area contributed by atoms with E-state index in [0.717, 1.165) is 0 Å². The zero-order chi connectivity index (χ0) is 12.0. The summed E-state index contributed by atoms with van der Waals surface area (Å²) in [5.74, 6) is -1.38. The van der Waals surface area contributed by atoms with Crippen molar-refractivity contribution in [2.45, 2.75) is 0 Å². The fourth-order valence-electron chi connectivity index (χ4n) is 0.907. The molecule has 0 aliphatic heterocycles. The molecule has 0 aromatic carbocycles. The second kappa shape index (κ2) is 5.32. The van der Waals surface area contributed by atoms with E-state index in [4.69, 9.17) is 16.4 Å². The highest BCUT2D eigenvalue weighted by atomic mass is 16.4. The lowest BCUT2D eigenvalue weighted by molar-refractivity contribution is 0.0691. The molecule has 0 unspecified atom stereocenters. The fourth-order valence-corrected chi connectivity index (χ4v) is 0.907. The number of anilines is 1. The quantitative estimate of drug-likeness (QED) is 0.444. The van der Waals surface area contributed by atoms with Crippen molar-refractivity contribution < 1.29 is 9.90 Å². The molecule has 0 fully saturated rings. The third-order valence-electron chi connectivity index (χ3n) is 1.56. The van der Waals surface area contributed by atoms with Crippen LogP contribution < -0.4 is 5.73 Å². The lowest BCUT2D eigenvalue weighted by Crippen LogP contribution is -2.08. The molecule has 0 aliphatic rings. The average Bonchev–Trinajstić information content (AvgIpc) is 2.26. The van der Waals surface area contributed by atoms with Gasteiger partial charge in [-0.1, -0.05) is 11.2 Å². The van der Waals surface area contributed by atoms with Gasteiger partial charge in [0.2, 0.25) is 0 Å². The van der Waals surface area contributed by atoms with E-state index >= 15 is 0 Å². The van der Waals surface area contributed by atoms with Crippen LogP contribution in [0.2, 0.25) is 0 Å². The molecule has 0 atom stereocenters. The van der Waals surface area contributed by atoms with Gasteiger partial charge in [0.05, 0.1) is 11.9 Å². The van der Waals surface area contributed by atoms with Gasteiger partial charge < -0.3 is 10.8 Å². The number of nitrogens with two attached hydrogens (primary N) is 1. The van der Waals surface area contributed by atoms with Crippen LogP contribution in [0.3, 0.4) is 0 Å². The molecule has 1 aromatic heterocycles. The van der Waals surface area contributed by atoms with E-state index in [1.165, 1.54) is 18.3 Å². The molecule has 0 spiro atoms. The molecule has 0 radical (unpaired) electrons. The van der Waals surface area contributed by atoms with Crippen LogP contribution >= 0.6 is 0 Å². The lowest BCUT2D eigenvalue weighted by atomic mass is 10.3. The molecule has 1 aromatic rings. The summed E-state index contributed by atoms with van der Waals surface area (Å²) < 4.78 is 0. The average molecular weight is 220 g/mol. The summed E-state index contributed by atoms with van der Waals surface area (Å²) in [7, 11) is 0. The Hall–Kier alpha value is -2.60. The molecule has 8 heteroatoms. The van der Waals surface area contributed by atoms with Gasteiger partial charge in [0, 0.05) is 11.5 Å². The van der Waals surface area contributed by atoms with Gasteiger partial charge in [0.25, 0.3) is 0 Å². The van der Waals surface area contributed by atoms with E-state index in [1.54, 1.807) is 0 Å². The highest BCUT2D eigenvalue weighted by molar-refractivity contribution is 5.90. The van der Waals surface area contributed by atoms with Crippen LogP contribution in [0.5, 0.6) is 0 Å². The zero-order valence-electron chi connectivity index (χ0n) is 8.11. The monoisotopic (exact) mass is 220 g/mol. The smallest absolute Gasteiger partial charge is 0.358 e. The Morgan fingerprint density at radius 2 is 2.50 bits per heavy atom. The largest absolute Gasteiger partial charge is 0.476 e. The minimum Gasteiger partial charge on any atom is -0.476 e. The molecule has 1 heterocycles. The molecule has 0 saturated heterocycles. The summed E-state index contributed by atoms with van der Waals surface area (Å²) in [6, 6.07) is 0. The first-order valence-corrected chi connectivity index (χ1v) is 4.18. The van der Waals surface area contributed by atoms with Gasteiger partial charge in [-0.2, -0.15) is 0 Å². The van der Waals surface area contributed by atoms with Gasteiger partial charge in [0.15, 0.2) is 11.5 Å². The van der Waals surface area contributed by atoms with Gasteiger partial charge in [-0.25, -0.2) is 14.8 Å². The number of aromatic carboxylic acids is 1. The van der Waals surface area contributed by atoms with Gasteiger partial charge in [-0.05, 0) is 11.6 Å². The predicted octanol–water partition coefficient (Wildman–Crippen LogP) is 1.08. The van der Waals surface area contributed by atoms with Crippen molar-refractivity contribution >= 4 is 17.9 Å². The van der Waals surface area contributed by atoms with Crippen molar-refractivity contribution in [3.63, 3.8) is 0 Å². The summed E-state index contributed by atoms with van der Waals surface area (Å²) in [4.78, 5) is 20.7. The summed E-state index contributed by atoms with van der Waals surface area (Å²) in [6.07, 6.45) is 4.35. The summed E-state index contributed by atoms with van der Waals surface area (Å²) in [5, 5.41) is 12.0. The van der Waals surface area contributed by atoms with Crippen LogP contribution in [-0.4, -0.2) is 27.6 Å². The van der Waals surface area contributed by atoms with E-state index in [2.05, 4.69) is 20.0 Å². The highest BCUT2D eigenvalue weighted by Gasteiger charge is 2.10. The number of rotatable bonds is 4. The van der Waals surface area contributed by atoms with Crippen molar-refractivity contribution in [3.05, 3.63) is 34.1 Å². The lowest BCUT2D eigenvalue weighted by Gasteiger charge is -1.99. The molecule has 0 bridgehead atoms. The van der Waals surface area contributed by atoms with Crippen molar-refractivity contribution in [2.75, 3.05) is 12.3 Å². The Labute approximate surface area is 90.1 Å². The second-order valence-electron chi connectivity index (χ2n) is 2.65. The SMILES string of the molecule is [N-]=[N+]=NCC=Cc1cnc(N)c(C(=O)O)n1. The Morgan fingerprint density at radius 1 is 1.75 bits per heavy atom. The molecule has 16 heavy (non-hydrogen) atoms. The standard InChI is InChI=1S/C8H8N6O2/c9-7-6(8(15)16)13-5(4-11-7)2-1-3-12-14-10/h1-2,4H,3H2,(H2,9,11)(H,15,16). The zero-order valence-corrected chi connectivity index (χ0v) is 8.11. The molecular formula is C8H8N6O2. The van der Waals surface area contributed by atoms with Crippen LogP contribution in [0.1, 0.15) is 16.2 Å². The Balaban J connectivity index is 2.90. The number of azide groups is 1. The maximum Gasteiger partial charge on any atom is 0.358 e. The minimum absolute atomic E-state index is 0.139. The number of hydrogen-bond acceptors (Lipinski definition) is 5. The number of hydrogen-bond donors (Lipinski definition) is 2. The summed E-state index contributed by atoms with van der Waals surface area (Å²) in [6.45, 7) is 0.158. The van der Waals surface area contributed by atoms with Crippen molar-refractivity contribution in [1.29, 1.82) is 0 Å². The first kappa shape index (κ1) is 11.5. The fraction of sp³-hybridized carbons (Fsp3) is 0.125. The Bertz CT molecular complexity index is 477. The molecule has 82 valence electrons. The van der Waals surface area contributed by atoms with E-state index in [-0.39, 0.29) is 18.1 Å². The number of carboxylic acids is 1. The van der Waals surface area contributed by atoms with Crippen LogP contribution in [0.25, 0.3) is 16.5 Å². The summed E-state index contributed by atoms with van der Waals surface area (Å²) in [5.41, 5.74) is 13.4. The van der Waals surface area contributed by atoms with Crippen molar-refractivity contribution in [1.82, 2.24) is 9.97 Å². The van der Waals surface area contributed by atoms with Crippen molar-refractivity contribution in [2.24, 2.45) is 5.11 Å². The van der Waals surface area contributed by atoms with Gasteiger partial charge in [0.1, 0.15) is 0 Å². The molecule has 0 saturated carbocycles. The van der Waals surface area contributed by atoms with E-state index < -0.39 is 5.97 Å². The van der Waals surface area contributed by atoms with E-state index in [9.17, 15) is 4.79 Å². The number of nitrogen functional groups attached to an aromatic ring is 1. The van der Waals surface area contributed by atoms with E-state index in [0.29, 0.717) is 5.69 Å². The summed E-state index contributed by atoms with van der Waals surface area (Å²) >= 11 is 0. The normalized spacial score (nSPS) is 10.0. The Morgan fingerprint density at radius 3 is 3.12 bits per heavy atom. The van der Waals surface area contributed by atoms with Gasteiger partial charge >= 0.3 is 5.97 Å². The highest BCUT2D eigenvalue weighted by Crippen LogP contribution is 2.06. The third kappa shape index (κ3) is 2.96. The predicted molar refractivity (Wildman–Crippen MR) is 56.5 cm³/mol. The van der Waals surface area contributed by atoms with Gasteiger partial charge in [-0.15, -0.1) is 0 Å². The molecular weight excluding hydrogens is 212 g/mol. The van der Waals surface area contributed by atoms with Crippen LogP contribution in [0.4, 0.5) is 5.82 Å². The number of carboxylic acid groups (broad SMARTS) is 1. The number of aromatic nitrogens is 2. The van der Waals surface area contributed by atoms with Crippen LogP contribution in [-0.2, 0) is 0 Å². The molecule has 0 amide bonds. The molecule has 8 nitrogen and oxygen atoms in total. The molecule has 0 aliphatic carbocycles. The first-order chi connectivity index (χ1) is 7.65. The van der Waals surface area contributed by atoms with Crippen LogP contribution in [0.15, 0.2) is 17.4 Å². The topological polar surface area (TPSA) is 138 Å². The molecule has 1 rings (SSSR count). The number of nitrogens with zero attached hydrogens (tertiary/aromatic N) is 5. The maximum atomic E-state index is 10.7. The minimum atomic E-state index is -1.24. The van der Waals surface area contributed by atoms with E-state index in [1.807, 2.05) is 0 Å². The first-order valence-electron chi connectivity index (χ1n) is 4.18.